The van der Waals surface area contributed by atoms with Crippen molar-refractivity contribution in [2.24, 2.45) is 5.73 Å². The van der Waals surface area contributed by atoms with Crippen molar-refractivity contribution in [1.29, 1.82) is 0 Å². The van der Waals surface area contributed by atoms with Gasteiger partial charge in [-0.1, -0.05) is 29.8 Å². The molecule has 0 saturated heterocycles. The molecule has 2 aromatic rings. The Morgan fingerprint density at radius 2 is 1.94 bits per heavy atom. The molecule has 0 radical (unpaired) electrons. The predicted octanol–water partition coefficient (Wildman–Crippen LogP) is 4.49. The number of rotatable bonds is 3. The van der Waals surface area contributed by atoms with E-state index >= 15 is 0 Å². The first-order chi connectivity index (χ1) is 8.61. The summed E-state index contributed by atoms with van der Waals surface area (Å²) in [4.78, 5) is 0. The molecule has 0 bridgehead atoms. The molecular weight excluding hydrogens is 321 g/mol. The van der Waals surface area contributed by atoms with Crippen LogP contribution in [-0.4, -0.2) is 0 Å². The summed E-state index contributed by atoms with van der Waals surface area (Å²) < 4.78 is 19.6. The fourth-order valence-electron chi connectivity index (χ4n) is 1.47. The van der Waals surface area contributed by atoms with Crippen LogP contribution in [0.1, 0.15) is 5.56 Å². The third-order valence-electron chi connectivity index (χ3n) is 2.39. The quantitative estimate of drug-likeness (QED) is 0.841. The zero-order valence-corrected chi connectivity index (χ0v) is 11.6. The Bertz CT molecular complexity index is 577. The molecule has 0 aliphatic carbocycles. The molecule has 0 aromatic heterocycles. The maximum atomic E-state index is 13.4. The summed E-state index contributed by atoms with van der Waals surface area (Å²) in [6.07, 6.45) is 0. The SMILES string of the molecule is NCc1ccccc1Oc1cc(F)c(Cl)cc1Br. The van der Waals surface area contributed by atoms with E-state index in [1.807, 2.05) is 18.2 Å². The van der Waals surface area contributed by atoms with E-state index in [4.69, 9.17) is 22.1 Å². The molecule has 0 saturated carbocycles. The van der Waals surface area contributed by atoms with E-state index in [2.05, 4.69) is 15.9 Å². The fraction of sp³-hybridized carbons (Fsp3) is 0.0769. The molecule has 0 amide bonds. The van der Waals surface area contributed by atoms with Crippen LogP contribution in [0.5, 0.6) is 11.5 Å². The minimum Gasteiger partial charge on any atom is -0.456 e. The molecule has 0 fully saturated rings. The summed E-state index contributed by atoms with van der Waals surface area (Å²) in [6, 6.07) is 10.0. The molecule has 2 aromatic carbocycles. The Morgan fingerprint density at radius 1 is 1.22 bits per heavy atom. The van der Waals surface area contributed by atoms with E-state index in [-0.39, 0.29) is 5.02 Å². The highest BCUT2D eigenvalue weighted by molar-refractivity contribution is 9.10. The van der Waals surface area contributed by atoms with Gasteiger partial charge in [-0.3, -0.25) is 0 Å². The summed E-state index contributed by atoms with van der Waals surface area (Å²) in [7, 11) is 0. The van der Waals surface area contributed by atoms with Gasteiger partial charge in [0, 0.05) is 18.2 Å². The third kappa shape index (κ3) is 2.83. The Hall–Kier alpha value is -1.10. The molecule has 0 atom stereocenters. The van der Waals surface area contributed by atoms with Gasteiger partial charge < -0.3 is 10.5 Å². The van der Waals surface area contributed by atoms with E-state index in [9.17, 15) is 4.39 Å². The summed E-state index contributed by atoms with van der Waals surface area (Å²) in [5.74, 6) is 0.431. The number of halogens is 3. The van der Waals surface area contributed by atoms with E-state index in [0.717, 1.165) is 5.56 Å². The minimum absolute atomic E-state index is 0.0429. The average Bonchev–Trinajstić information content (AvgIpc) is 2.36. The van der Waals surface area contributed by atoms with Crippen LogP contribution in [-0.2, 0) is 6.54 Å². The summed E-state index contributed by atoms with van der Waals surface area (Å²) in [6.45, 7) is 0.351. The topological polar surface area (TPSA) is 35.2 Å². The van der Waals surface area contributed by atoms with Crippen molar-refractivity contribution in [3.05, 3.63) is 57.3 Å². The van der Waals surface area contributed by atoms with Crippen molar-refractivity contribution in [2.45, 2.75) is 6.54 Å². The molecule has 0 unspecified atom stereocenters. The highest BCUT2D eigenvalue weighted by atomic mass is 79.9. The number of nitrogens with two attached hydrogens (primary N) is 1. The lowest BCUT2D eigenvalue weighted by atomic mass is 10.2. The van der Waals surface area contributed by atoms with Crippen LogP contribution in [0, 0.1) is 5.82 Å². The van der Waals surface area contributed by atoms with E-state index in [1.54, 1.807) is 6.07 Å². The normalized spacial score (nSPS) is 10.4. The molecule has 0 aliphatic heterocycles. The van der Waals surface area contributed by atoms with E-state index in [1.165, 1.54) is 12.1 Å². The van der Waals surface area contributed by atoms with Crippen molar-refractivity contribution in [3.8, 4) is 11.5 Å². The lowest BCUT2D eigenvalue weighted by Crippen LogP contribution is -1.99. The maximum Gasteiger partial charge on any atom is 0.145 e. The highest BCUT2D eigenvalue weighted by Crippen LogP contribution is 2.34. The second-order valence-electron chi connectivity index (χ2n) is 3.61. The van der Waals surface area contributed by atoms with Crippen LogP contribution >= 0.6 is 27.5 Å². The van der Waals surface area contributed by atoms with Crippen molar-refractivity contribution >= 4 is 27.5 Å². The standard InChI is InChI=1S/C13H10BrClFNO/c14-9-5-10(15)11(16)6-13(9)18-12-4-2-1-3-8(12)7-17/h1-6H,7,17H2. The summed E-state index contributed by atoms with van der Waals surface area (Å²) in [5, 5.41) is 0.0429. The second kappa shape index (κ2) is 5.69. The van der Waals surface area contributed by atoms with Gasteiger partial charge in [-0.25, -0.2) is 4.39 Å². The maximum absolute atomic E-state index is 13.4. The largest absolute Gasteiger partial charge is 0.456 e. The average molecular weight is 331 g/mol. The molecule has 2 rings (SSSR count). The first-order valence-corrected chi connectivity index (χ1v) is 6.39. The summed E-state index contributed by atoms with van der Waals surface area (Å²) in [5.41, 5.74) is 6.46. The van der Waals surface area contributed by atoms with Gasteiger partial charge >= 0.3 is 0 Å². The lowest BCUT2D eigenvalue weighted by Gasteiger charge is -2.11. The Balaban J connectivity index is 2.37. The van der Waals surface area contributed by atoms with Gasteiger partial charge in [0.1, 0.15) is 17.3 Å². The van der Waals surface area contributed by atoms with Crippen LogP contribution < -0.4 is 10.5 Å². The molecule has 94 valence electrons. The molecule has 5 heteroatoms. The van der Waals surface area contributed by atoms with Crippen LogP contribution in [0.25, 0.3) is 0 Å². The Labute approximate surface area is 118 Å². The Morgan fingerprint density at radius 3 is 2.67 bits per heavy atom. The molecule has 18 heavy (non-hydrogen) atoms. The first kappa shape index (κ1) is 13.3. The molecule has 0 heterocycles. The van der Waals surface area contributed by atoms with Gasteiger partial charge in [-0.05, 0) is 28.1 Å². The second-order valence-corrected chi connectivity index (χ2v) is 4.87. The minimum atomic E-state index is -0.528. The van der Waals surface area contributed by atoms with Gasteiger partial charge in [0.2, 0.25) is 0 Å². The van der Waals surface area contributed by atoms with E-state index in [0.29, 0.717) is 22.5 Å². The first-order valence-electron chi connectivity index (χ1n) is 5.22. The zero-order chi connectivity index (χ0) is 13.1. The number of benzene rings is 2. The monoisotopic (exact) mass is 329 g/mol. The van der Waals surface area contributed by atoms with Gasteiger partial charge in [-0.2, -0.15) is 0 Å². The van der Waals surface area contributed by atoms with Gasteiger partial charge in [-0.15, -0.1) is 0 Å². The number of hydrogen-bond donors (Lipinski definition) is 1. The number of para-hydroxylation sites is 1. The van der Waals surface area contributed by atoms with Crippen molar-refractivity contribution < 1.29 is 9.13 Å². The Kier molecular flexibility index (Phi) is 4.22. The van der Waals surface area contributed by atoms with Crippen molar-refractivity contribution in [1.82, 2.24) is 0 Å². The van der Waals surface area contributed by atoms with Crippen LogP contribution in [0.15, 0.2) is 40.9 Å². The molecule has 0 aliphatic rings. The lowest BCUT2D eigenvalue weighted by molar-refractivity contribution is 0.468. The van der Waals surface area contributed by atoms with Gasteiger partial charge in [0.25, 0.3) is 0 Å². The van der Waals surface area contributed by atoms with Gasteiger partial charge in [0.15, 0.2) is 0 Å². The van der Waals surface area contributed by atoms with Gasteiger partial charge in [0.05, 0.1) is 9.50 Å². The molecular formula is C13H10BrClFNO. The fourth-order valence-corrected chi connectivity index (χ4v) is 2.19. The van der Waals surface area contributed by atoms with Crippen LogP contribution in [0.3, 0.4) is 0 Å². The molecule has 2 nitrogen and oxygen atoms in total. The summed E-state index contributed by atoms with van der Waals surface area (Å²) >= 11 is 8.94. The molecule has 2 N–H and O–H groups in total. The van der Waals surface area contributed by atoms with Crippen LogP contribution in [0.4, 0.5) is 4.39 Å². The smallest absolute Gasteiger partial charge is 0.145 e. The number of hydrogen-bond acceptors (Lipinski definition) is 2. The van der Waals surface area contributed by atoms with Crippen molar-refractivity contribution in [2.75, 3.05) is 0 Å². The molecule has 0 spiro atoms. The third-order valence-corrected chi connectivity index (χ3v) is 3.30. The zero-order valence-electron chi connectivity index (χ0n) is 9.29. The predicted molar refractivity (Wildman–Crippen MR) is 73.5 cm³/mol. The highest BCUT2D eigenvalue weighted by Gasteiger charge is 2.10. The van der Waals surface area contributed by atoms with E-state index < -0.39 is 5.82 Å². The number of ether oxygens (including phenoxy) is 1. The van der Waals surface area contributed by atoms with Crippen molar-refractivity contribution in [3.63, 3.8) is 0 Å². The van der Waals surface area contributed by atoms with Crippen LogP contribution in [0.2, 0.25) is 5.02 Å².